The van der Waals surface area contributed by atoms with Crippen molar-refractivity contribution in [3.63, 3.8) is 0 Å². The number of rotatable bonds is 0. The van der Waals surface area contributed by atoms with Crippen LogP contribution in [-0.2, 0) is 11.3 Å². The quantitative estimate of drug-likeness (QED) is 0.607. The second-order valence-corrected chi connectivity index (χ2v) is 2.87. The largest absolute Gasteiger partial charge is 0.364 e. The van der Waals surface area contributed by atoms with Gasteiger partial charge in [0, 0.05) is 5.56 Å². The molecule has 0 aliphatic carbocycles. The predicted octanol–water partition coefficient (Wildman–Crippen LogP) is 1.52. The zero-order valence-electron chi connectivity index (χ0n) is 6.37. The highest BCUT2D eigenvalue weighted by Crippen LogP contribution is 2.28. The van der Waals surface area contributed by atoms with Crippen LogP contribution in [0.5, 0.6) is 0 Å². The summed E-state index contributed by atoms with van der Waals surface area (Å²) in [5, 5.41) is 9.25. The number of benzene rings is 1. The minimum atomic E-state index is -0.703. The van der Waals surface area contributed by atoms with E-state index in [9.17, 15) is 5.11 Å². The highest BCUT2D eigenvalue weighted by Gasteiger charge is 2.19. The third-order valence-corrected chi connectivity index (χ3v) is 1.96. The fourth-order valence-electron chi connectivity index (χ4n) is 1.36. The van der Waals surface area contributed by atoms with E-state index < -0.39 is 6.29 Å². The summed E-state index contributed by atoms with van der Waals surface area (Å²) in [6.07, 6.45) is -0.703. The van der Waals surface area contributed by atoms with E-state index in [0.29, 0.717) is 6.61 Å². The van der Waals surface area contributed by atoms with Crippen molar-refractivity contribution in [3.05, 3.63) is 34.9 Å². The molecular formula is C9H10O2. The van der Waals surface area contributed by atoms with E-state index in [-0.39, 0.29) is 0 Å². The van der Waals surface area contributed by atoms with Gasteiger partial charge in [-0.15, -0.1) is 0 Å². The van der Waals surface area contributed by atoms with Gasteiger partial charge in [0.05, 0.1) is 6.61 Å². The molecule has 0 radical (unpaired) electrons. The highest BCUT2D eigenvalue weighted by atomic mass is 16.6. The van der Waals surface area contributed by atoms with Crippen LogP contribution in [-0.4, -0.2) is 5.11 Å². The van der Waals surface area contributed by atoms with Gasteiger partial charge in [0.15, 0.2) is 6.29 Å². The van der Waals surface area contributed by atoms with Crippen molar-refractivity contribution in [1.29, 1.82) is 0 Å². The molecule has 0 fully saturated rings. The molecule has 1 aromatic rings. The molecule has 2 rings (SSSR count). The third-order valence-electron chi connectivity index (χ3n) is 1.96. The second kappa shape index (κ2) is 2.32. The fraction of sp³-hybridized carbons (Fsp3) is 0.333. The Morgan fingerprint density at radius 2 is 2.36 bits per heavy atom. The van der Waals surface area contributed by atoms with Gasteiger partial charge in [-0.3, -0.25) is 0 Å². The van der Waals surface area contributed by atoms with Crippen LogP contribution in [0.4, 0.5) is 0 Å². The number of hydrogen-bond donors (Lipinski definition) is 1. The molecule has 1 aliphatic rings. The number of aliphatic hydroxyl groups excluding tert-OH is 1. The number of aliphatic hydroxyl groups is 1. The molecule has 0 bridgehead atoms. The zero-order valence-corrected chi connectivity index (χ0v) is 6.37. The normalized spacial score (nSPS) is 21.8. The molecule has 0 saturated heterocycles. The Hall–Kier alpha value is -0.860. The van der Waals surface area contributed by atoms with Crippen molar-refractivity contribution in [2.45, 2.75) is 19.8 Å². The summed E-state index contributed by atoms with van der Waals surface area (Å²) in [6, 6.07) is 5.95. The van der Waals surface area contributed by atoms with Crippen molar-refractivity contribution >= 4 is 0 Å². The molecule has 1 N–H and O–H groups in total. The van der Waals surface area contributed by atoms with E-state index in [0.717, 1.165) is 11.1 Å². The van der Waals surface area contributed by atoms with E-state index >= 15 is 0 Å². The topological polar surface area (TPSA) is 29.5 Å². The van der Waals surface area contributed by atoms with Gasteiger partial charge in [-0.1, -0.05) is 23.8 Å². The second-order valence-electron chi connectivity index (χ2n) is 2.87. The van der Waals surface area contributed by atoms with Gasteiger partial charge < -0.3 is 9.84 Å². The summed E-state index contributed by atoms with van der Waals surface area (Å²) in [4.78, 5) is 0. The van der Waals surface area contributed by atoms with Gasteiger partial charge in [0.25, 0.3) is 0 Å². The Labute approximate surface area is 65.4 Å². The Morgan fingerprint density at radius 1 is 1.55 bits per heavy atom. The lowest BCUT2D eigenvalue weighted by Crippen LogP contribution is -1.91. The molecule has 1 heterocycles. The highest BCUT2D eigenvalue weighted by molar-refractivity contribution is 5.33. The molecule has 0 aromatic heterocycles. The van der Waals surface area contributed by atoms with E-state index in [4.69, 9.17) is 4.74 Å². The van der Waals surface area contributed by atoms with Crippen LogP contribution in [0.15, 0.2) is 18.2 Å². The maximum absolute atomic E-state index is 9.25. The molecule has 1 unspecified atom stereocenters. The lowest BCUT2D eigenvalue weighted by molar-refractivity contribution is -0.0918. The summed E-state index contributed by atoms with van der Waals surface area (Å²) < 4.78 is 5.03. The SMILES string of the molecule is Cc1ccc2c(c1)COC2O. The van der Waals surface area contributed by atoms with Crippen LogP contribution in [0, 0.1) is 6.92 Å². The molecule has 2 nitrogen and oxygen atoms in total. The van der Waals surface area contributed by atoms with Crippen molar-refractivity contribution in [1.82, 2.24) is 0 Å². The van der Waals surface area contributed by atoms with Crippen LogP contribution < -0.4 is 0 Å². The van der Waals surface area contributed by atoms with Crippen molar-refractivity contribution in [3.8, 4) is 0 Å². The summed E-state index contributed by atoms with van der Waals surface area (Å²) in [7, 11) is 0. The maximum Gasteiger partial charge on any atom is 0.181 e. The number of aryl methyl sites for hydroxylation is 1. The first-order valence-electron chi connectivity index (χ1n) is 3.66. The molecule has 0 amide bonds. The first-order valence-corrected chi connectivity index (χ1v) is 3.66. The van der Waals surface area contributed by atoms with Crippen molar-refractivity contribution in [2.75, 3.05) is 0 Å². The van der Waals surface area contributed by atoms with Gasteiger partial charge in [0.1, 0.15) is 0 Å². The molecule has 1 aromatic carbocycles. The summed E-state index contributed by atoms with van der Waals surface area (Å²) in [6.45, 7) is 2.57. The molecule has 58 valence electrons. The van der Waals surface area contributed by atoms with E-state index in [1.165, 1.54) is 5.56 Å². The van der Waals surface area contributed by atoms with Crippen LogP contribution >= 0.6 is 0 Å². The van der Waals surface area contributed by atoms with Crippen LogP contribution in [0.3, 0.4) is 0 Å². The minimum Gasteiger partial charge on any atom is -0.364 e. The van der Waals surface area contributed by atoms with Crippen molar-refractivity contribution < 1.29 is 9.84 Å². The number of ether oxygens (including phenoxy) is 1. The van der Waals surface area contributed by atoms with E-state index in [1.54, 1.807) is 0 Å². The molecule has 11 heavy (non-hydrogen) atoms. The smallest absolute Gasteiger partial charge is 0.181 e. The Kier molecular flexibility index (Phi) is 1.44. The first kappa shape index (κ1) is 6.83. The van der Waals surface area contributed by atoms with Gasteiger partial charge in [-0.25, -0.2) is 0 Å². The fourth-order valence-corrected chi connectivity index (χ4v) is 1.36. The molecule has 0 spiro atoms. The predicted molar refractivity (Wildman–Crippen MR) is 40.9 cm³/mol. The minimum absolute atomic E-state index is 0.540. The van der Waals surface area contributed by atoms with Gasteiger partial charge >= 0.3 is 0 Å². The Bertz CT molecular complexity index is 281. The Balaban J connectivity index is 2.50. The summed E-state index contributed by atoms with van der Waals surface area (Å²) in [5.41, 5.74) is 3.23. The molecule has 1 atom stereocenters. The Morgan fingerprint density at radius 3 is 3.18 bits per heavy atom. The monoisotopic (exact) mass is 150 g/mol. The maximum atomic E-state index is 9.25. The van der Waals surface area contributed by atoms with E-state index in [2.05, 4.69) is 0 Å². The molecule has 1 aliphatic heterocycles. The van der Waals surface area contributed by atoms with Crippen molar-refractivity contribution in [2.24, 2.45) is 0 Å². The third kappa shape index (κ3) is 1.04. The van der Waals surface area contributed by atoms with Gasteiger partial charge in [0.2, 0.25) is 0 Å². The molecular weight excluding hydrogens is 140 g/mol. The number of fused-ring (bicyclic) bond motifs is 1. The average Bonchev–Trinajstić information content (AvgIpc) is 2.32. The van der Waals surface area contributed by atoms with E-state index in [1.807, 2.05) is 25.1 Å². The van der Waals surface area contributed by atoms with Crippen LogP contribution in [0.25, 0.3) is 0 Å². The van der Waals surface area contributed by atoms with Crippen LogP contribution in [0.2, 0.25) is 0 Å². The van der Waals surface area contributed by atoms with Gasteiger partial charge in [-0.05, 0) is 12.5 Å². The zero-order chi connectivity index (χ0) is 7.84. The standard InChI is InChI=1S/C9H10O2/c1-6-2-3-8-7(4-6)5-11-9(8)10/h2-4,9-10H,5H2,1H3. The lowest BCUT2D eigenvalue weighted by atomic mass is 10.1. The number of hydrogen-bond acceptors (Lipinski definition) is 2. The lowest BCUT2D eigenvalue weighted by Gasteiger charge is -2.01. The average molecular weight is 150 g/mol. The molecule has 0 saturated carbocycles. The van der Waals surface area contributed by atoms with Gasteiger partial charge in [-0.2, -0.15) is 0 Å². The van der Waals surface area contributed by atoms with Crippen LogP contribution in [0.1, 0.15) is 23.0 Å². The summed E-state index contributed by atoms with van der Waals surface area (Å²) >= 11 is 0. The molecule has 2 heteroatoms. The first-order chi connectivity index (χ1) is 5.27. The summed E-state index contributed by atoms with van der Waals surface area (Å²) in [5.74, 6) is 0.